The third-order valence-electron chi connectivity index (χ3n) is 5.87. The summed E-state index contributed by atoms with van der Waals surface area (Å²) in [5.41, 5.74) is 3.73. The standard InChI is InChI=1S/C26H32N2O3/c1-25(2)16-19(17-26(3,4)31-25)21-15-23(18-11-13-20(29-5)14-12-18)28(27-21)22-9-7-8-10-24(22)30-6/h7-15,19H,16-17H2,1-6H3. The van der Waals surface area contributed by atoms with Crippen LogP contribution < -0.4 is 9.47 Å². The Kier molecular flexibility index (Phi) is 5.56. The summed E-state index contributed by atoms with van der Waals surface area (Å²) < 4.78 is 19.3. The average Bonchev–Trinajstić information content (AvgIpc) is 3.17. The predicted molar refractivity (Wildman–Crippen MR) is 123 cm³/mol. The van der Waals surface area contributed by atoms with Crippen molar-refractivity contribution in [3.63, 3.8) is 0 Å². The Morgan fingerprint density at radius 2 is 1.55 bits per heavy atom. The SMILES string of the molecule is COc1ccc(-c2cc(C3CC(C)(C)OC(C)(C)C3)nn2-c2ccccc2OC)cc1. The summed E-state index contributed by atoms with van der Waals surface area (Å²) in [5.74, 6) is 1.94. The van der Waals surface area contributed by atoms with Gasteiger partial charge in [-0.05, 0) is 83.0 Å². The summed E-state index contributed by atoms with van der Waals surface area (Å²) in [6.45, 7) is 8.68. The first-order chi connectivity index (χ1) is 14.7. The fraction of sp³-hybridized carbons (Fsp3) is 0.423. The molecule has 1 aliphatic heterocycles. The molecule has 0 radical (unpaired) electrons. The van der Waals surface area contributed by atoms with Gasteiger partial charge >= 0.3 is 0 Å². The van der Waals surface area contributed by atoms with Crippen LogP contribution in [-0.4, -0.2) is 35.2 Å². The number of aromatic nitrogens is 2. The molecule has 1 saturated heterocycles. The second kappa shape index (κ2) is 8.04. The Morgan fingerprint density at radius 3 is 2.16 bits per heavy atom. The number of methoxy groups -OCH3 is 2. The lowest BCUT2D eigenvalue weighted by Crippen LogP contribution is -2.44. The molecule has 1 aliphatic rings. The Hall–Kier alpha value is -2.79. The number of hydrogen-bond donors (Lipinski definition) is 0. The van der Waals surface area contributed by atoms with Crippen molar-refractivity contribution < 1.29 is 14.2 Å². The lowest BCUT2D eigenvalue weighted by Gasteiger charge is -2.45. The molecule has 164 valence electrons. The highest BCUT2D eigenvalue weighted by Crippen LogP contribution is 2.44. The fourth-order valence-corrected chi connectivity index (χ4v) is 4.85. The van der Waals surface area contributed by atoms with Crippen LogP contribution in [0, 0.1) is 0 Å². The zero-order chi connectivity index (χ0) is 22.2. The second-order valence-corrected chi connectivity index (χ2v) is 9.49. The third kappa shape index (κ3) is 4.47. The third-order valence-corrected chi connectivity index (χ3v) is 5.87. The van der Waals surface area contributed by atoms with Gasteiger partial charge in [-0.25, -0.2) is 4.68 Å². The Morgan fingerprint density at radius 1 is 0.903 bits per heavy atom. The van der Waals surface area contributed by atoms with Gasteiger partial charge in [-0.15, -0.1) is 0 Å². The van der Waals surface area contributed by atoms with Gasteiger partial charge in [-0.1, -0.05) is 12.1 Å². The first kappa shape index (κ1) is 21.4. The van der Waals surface area contributed by atoms with Crippen LogP contribution >= 0.6 is 0 Å². The van der Waals surface area contributed by atoms with Gasteiger partial charge in [0.15, 0.2) is 0 Å². The van der Waals surface area contributed by atoms with E-state index in [4.69, 9.17) is 19.3 Å². The molecule has 1 aromatic heterocycles. The first-order valence-corrected chi connectivity index (χ1v) is 10.8. The van der Waals surface area contributed by atoms with Crippen molar-refractivity contribution >= 4 is 0 Å². The topological polar surface area (TPSA) is 45.5 Å². The molecule has 5 nitrogen and oxygen atoms in total. The Balaban J connectivity index is 1.84. The molecule has 3 aromatic rings. The molecule has 4 rings (SSSR count). The predicted octanol–water partition coefficient (Wildman–Crippen LogP) is 6.01. The number of benzene rings is 2. The van der Waals surface area contributed by atoms with Crippen molar-refractivity contribution in [1.82, 2.24) is 9.78 Å². The van der Waals surface area contributed by atoms with Crippen molar-refractivity contribution in [2.24, 2.45) is 0 Å². The minimum atomic E-state index is -0.194. The normalized spacial score (nSPS) is 18.0. The van der Waals surface area contributed by atoms with Crippen LogP contribution in [0.2, 0.25) is 0 Å². The molecule has 5 heteroatoms. The van der Waals surface area contributed by atoms with Gasteiger partial charge in [0.1, 0.15) is 17.2 Å². The highest BCUT2D eigenvalue weighted by molar-refractivity contribution is 5.65. The maximum absolute atomic E-state index is 6.31. The zero-order valence-corrected chi connectivity index (χ0v) is 19.3. The monoisotopic (exact) mass is 420 g/mol. The quantitative estimate of drug-likeness (QED) is 0.507. The maximum Gasteiger partial charge on any atom is 0.144 e. The highest BCUT2D eigenvalue weighted by atomic mass is 16.5. The van der Waals surface area contributed by atoms with E-state index in [-0.39, 0.29) is 11.2 Å². The van der Waals surface area contributed by atoms with Crippen molar-refractivity contribution in [1.29, 1.82) is 0 Å². The molecule has 0 spiro atoms. The average molecular weight is 421 g/mol. The molecule has 0 atom stereocenters. The van der Waals surface area contributed by atoms with E-state index in [1.54, 1.807) is 14.2 Å². The summed E-state index contributed by atoms with van der Waals surface area (Å²) in [5, 5.41) is 5.11. The summed E-state index contributed by atoms with van der Waals surface area (Å²) in [6.07, 6.45) is 1.86. The summed E-state index contributed by atoms with van der Waals surface area (Å²) in [7, 11) is 3.38. The maximum atomic E-state index is 6.31. The molecule has 31 heavy (non-hydrogen) atoms. The summed E-state index contributed by atoms with van der Waals surface area (Å²) in [6, 6.07) is 18.3. The molecule has 2 aromatic carbocycles. The van der Waals surface area contributed by atoms with Gasteiger partial charge in [-0.2, -0.15) is 5.10 Å². The smallest absolute Gasteiger partial charge is 0.144 e. The van der Waals surface area contributed by atoms with Crippen molar-refractivity contribution in [3.8, 4) is 28.4 Å². The zero-order valence-electron chi connectivity index (χ0n) is 19.3. The van der Waals surface area contributed by atoms with E-state index < -0.39 is 0 Å². The Labute approximate surface area is 185 Å². The van der Waals surface area contributed by atoms with Gasteiger partial charge in [0.05, 0.1) is 36.8 Å². The number of ether oxygens (including phenoxy) is 3. The van der Waals surface area contributed by atoms with E-state index in [9.17, 15) is 0 Å². The number of hydrogen-bond acceptors (Lipinski definition) is 4. The molecule has 2 heterocycles. The van der Waals surface area contributed by atoms with Crippen LogP contribution in [0.1, 0.15) is 52.1 Å². The van der Waals surface area contributed by atoms with Crippen molar-refractivity contribution in [3.05, 3.63) is 60.3 Å². The van der Waals surface area contributed by atoms with E-state index >= 15 is 0 Å². The van der Waals surface area contributed by atoms with Gasteiger partial charge in [-0.3, -0.25) is 0 Å². The first-order valence-electron chi connectivity index (χ1n) is 10.8. The van der Waals surface area contributed by atoms with Crippen LogP contribution in [0.15, 0.2) is 54.6 Å². The van der Waals surface area contributed by atoms with Gasteiger partial charge in [0.2, 0.25) is 0 Å². The number of nitrogens with zero attached hydrogens (tertiary/aromatic N) is 2. The lowest BCUT2D eigenvalue weighted by atomic mass is 9.79. The number of para-hydroxylation sites is 2. The molecule has 1 fully saturated rings. The minimum absolute atomic E-state index is 0.194. The van der Waals surface area contributed by atoms with E-state index in [1.807, 2.05) is 41.1 Å². The van der Waals surface area contributed by atoms with Crippen LogP contribution in [0.3, 0.4) is 0 Å². The minimum Gasteiger partial charge on any atom is -0.497 e. The van der Waals surface area contributed by atoms with E-state index in [0.717, 1.165) is 47.0 Å². The summed E-state index contributed by atoms with van der Waals surface area (Å²) in [4.78, 5) is 0. The van der Waals surface area contributed by atoms with Crippen LogP contribution in [0.5, 0.6) is 11.5 Å². The van der Waals surface area contributed by atoms with Crippen molar-refractivity contribution in [2.75, 3.05) is 14.2 Å². The highest BCUT2D eigenvalue weighted by Gasteiger charge is 2.41. The van der Waals surface area contributed by atoms with E-state index in [0.29, 0.717) is 5.92 Å². The Bertz CT molecular complexity index is 1030. The van der Waals surface area contributed by atoms with Crippen molar-refractivity contribution in [2.45, 2.75) is 57.7 Å². The van der Waals surface area contributed by atoms with Crippen LogP contribution in [0.25, 0.3) is 16.9 Å². The molecule has 0 bridgehead atoms. The van der Waals surface area contributed by atoms with Gasteiger partial charge in [0.25, 0.3) is 0 Å². The molecular formula is C26H32N2O3. The molecular weight excluding hydrogens is 388 g/mol. The molecule has 0 unspecified atom stereocenters. The molecule has 0 N–H and O–H groups in total. The van der Waals surface area contributed by atoms with Gasteiger partial charge in [0, 0.05) is 11.5 Å². The van der Waals surface area contributed by atoms with Crippen LogP contribution in [-0.2, 0) is 4.74 Å². The fourth-order valence-electron chi connectivity index (χ4n) is 4.85. The van der Waals surface area contributed by atoms with E-state index in [2.05, 4.69) is 45.9 Å². The second-order valence-electron chi connectivity index (χ2n) is 9.49. The largest absolute Gasteiger partial charge is 0.497 e. The lowest BCUT2D eigenvalue weighted by molar-refractivity contribution is -0.162. The summed E-state index contributed by atoms with van der Waals surface area (Å²) >= 11 is 0. The van der Waals surface area contributed by atoms with Crippen LogP contribution in [0.4, 0.5) is 0 Å². The molecule has 0 aliphatic carbocycles. The molecule has 0 saturated carbocycles. The molecule has 0 amide bonds. The van der Waals surface area contributed by atoms with E-state index in [1.165, 1.54) is 0 Å². The van der Waals surface area contributed by atoms with Gasteiger partial charge < -0.3 is 14.2 Å². The number of rotatable bonds is 5.